The summed E-state index contributed by atoms with van der Waals surface area (Å²) >= 11 is 0. The van der Waals surface area contributed by atoms with Crippen molar-refractivity contribution in [1.29, 1.82) is 0 Å². The van der Waals surface area contributed by atoms with Gasteiger partial charge in [0, 0.05) is 27.4 Å². The Morgan fingerprint density at radius 2 is 1.33 bits per heavy atom. The highest BCUT2D eigenvalue weighted by Gasteiger charge is 2.36. The zero-order chi connectivity index (χ0) is 22.3. The summed E-state index contributed by atoms with van der Waals surface area (Å²) in [7, 11) is 0. The lowest BCUT2D eigenvalue weighted by molar-refractivity contribution is 1.29. The molecule has 0 spiro atoms. The fourth-order valence-electron chi connectivity index (χ4n) is 6.39. The molecule has 5 aromatic carbocycles. The molecule has 156 valence electrons. The molecule has 0 bridgehead atoms. The lowest BCUT2D eigenvalue weighted by Crippen LogP contribution is -2.53. The predicted octanol–water partition coefficient (Wildman–Crippen LogP) is 6.51. The summed E-state index contributed by atoms with van der Waals surface area (Å²) in [6.07, 6.45) is 0. The van der Waals surface area contributed by atoms with Crippen LogP contribution in [0.15, 0.2) is 91.0 Å². The van der Waals surface area contributed by atoms with Crippen molar-refractivity contribution in [3.05, 3.63) is 108 Å². The number of aryl methyl sites for hydroxylation is 3. The highest BCUT2D eigenvalue weighted by Crippen LogP contribution is 2.41. The third-order valence-corrected chi connectivity index (χ3v) is 7.53. The summed E-state index contributed by atoms with van der Waals surface area (Å²) in [5.74, 6) is 0. The average Bonchev–Trinajstić information content (AvgIpc) is 3.15. The van der Waals surface area contributed by atoms with E-state index in [4.69, 9.17) is 0 Å². The smallest absolute Gasteiger partial charge is 0.329 e. The maximum atomic E-state index is 2.61. The number of nitrogens with zero attached hydrogens (tertiary/aromatic N) is 1. The summed E-state index contributed by atoms with van der Waals surface area (Å²) in [6.45, 7) is 6.89. The van der Waals surface area contributed by atoms with E-state index in [1.807, 2.05) is 0 Å². The average molecular weight is 421 g/mol. The normalized spacial score (nSPS) is 12.6. The third kappa shape index (κ3) is 2.44. The second kappa shape index (κ2) is 6.62. The van der Waals surface area contributed by atoms with Crippen LogP contribution < -0.4 is 10.9 Å². The van der Waals surface area contributed by atoms with Crippen molar-refractivity contribution in [2.75, 3.05) is 0 Å². The molecule has 0 N–H and O–H groups in total. The number of fused-ring (bicyclic) bond motifs is 7. The van der Waals surface area contributed by atoms with Gasteiger partial charge in [0.05, 0.1) is 0 Å². The fourth-order valence-corrected chi connectivity index (χ4v) is 6.39. The number of aromatic nitrogens is 1. The largest absolute Gasteiger partial charge is 0.375 e. The van der Waals surface area contributed by atoms with E-state index >= 15 is 0 Å². The van der Waals surface area contributed by atoms with Crippen LogP contribution in [-0.2, 0) is 0 Å². The first-order valence-corrected chi connectivity index (χ1v) is 11.7. The Labute approximate surface area is 194 Å². The zero-order valence-corrected chi connectivity index (χ0v) is 19.2. The van der Waals surface area contributed by atoms with E-state index in [-0.39, 0.29) is 6.85 Å². The minimum Gasteiger partial charge on any atom is -0.375 e. The van der Waals surface area contributed by atoms with Gasteiger partial charge in [-0.3, -0.25) is 0 Å². The van der Waals surface area contributed by atoms with E-state index in [1.54, 1.807) is 0 Å². The van der Waals surface area contributed by atoms with Crippen LogP contribution in [0.5, 0.6) is 0 Å². The van der Waals surface area contributed by atoms with Gasteiger partial charge in [0.15, 0.2) is 0 Å². The second-order valence-electron chi connectivity index (χ2n) is 9.55. The summed E-state index contributed by atoms with van der Waals surface area (Å²) in [6, 6.07) is 33.9. The van der Waals surface area contributed by atoms with E-state index in [2.05, 4.69) is 116 Å². The Morgan fingerprint density at radius 3 is 2.15 bits per heavy atom. The van der Waals surface area contributed by atoms with E-state index < -0.39 is 0 Å². The molecule has 1 nitrogen and oxygen atoms in total. The molecule has 0 fully saturated rings. The molecular weight excluding hydrogens is 397 g/mol. The third-order valence-electron chi connectivity index (χ3n) is 7.53. The van der Waals surface area contributed by atoms with Crippen LogP contribution in [0, 0.1) is 20.8 Å². The zero-order valence-electron chi connectivity index (χ0n) is 19.2. The van der Waals surface area contributed by atoms with Gasteiger partial charge in [0.2, 0.25) is 0 Å². The molecule has 2 heterocycles. The van der Waals surface area contributed by atoms with E-state index in [1.165, 1.54) is 71.3 Å². The van der Waals surface area contributed by atoms with Crippen LogP contribution in [-0.4, -0.2) is 11.3 Å². The van der Waals surface area contributed by atoms with Crippen molar-refractivity contribution < 1.29 is 0 Å². The molecule has 7 rings (SSSR count). The molecule has 2 heteroatoms. The molecule has 0 radical (unpaired) electrons. The van der Waals surface area contributed by atoms with Gasteiger partial charge >= 0.3 is 6.85 Å². The highest BCUT2D eigenvalue weighted by molar-refractivity contribution is 6.88. The van der Waals surface area contributed by atoms with Crippen LogP contribution in [0.3, 0.4) is 0 Å². The molecule has 0 atom stereocenters. The highest BCUT2D eigenvalue weighted by atomic mass is 14.9. The lowest BCUT2D eigenvalue weighted by atomic mass is 9.45. The van der Waals surface area contributed by atoms with Gasteiger partial charge in [-0.15, -0.1) is 0 Å². The van der Waals surface area contributed by atoms with Crippen molar-refractivity contribution in [2.45, 2.75) is 20.8 Å². The molecular formula is C31H24BN. The number of benzene rings is 5. The number of para-hydroxylation sites is 2. The van der Waals surface area contributed by atoms with Gasteiger partial charge in [0.1, 0.15) is 0 Å². The van der Waals surface area contributed by atoms with Gasteiger partial charge < -0.3 is 4.48 Å². The first kappa shape index (κ1) is 18.8. The van der Waals surface area contributed by atoms with Crippen LogP contribution >= 0.6 is 0 Å². The van der Waals surface area contributed by atoms with E-state index in [9.17, 15) is 0 Å². The summed E-state index contributed by atoms with van der Waals surface area (Å²) in [5, 5.41) is 5.31. The Hall–Kier alpha value is -3.78. The molecule has 6 aromatic rings. The second-order valence-corrected chi connectivity index (χ2v) is 9.55. The SMILES string of the molecule is Cc1cc(C)c(B2c3ccc4ccccc4c3-c3cccc4c5ccccc5n2c34)c(C)c1. The Kier molecular flexibility index (Phi) is 3.76. The molecule has 1 aromatic heterocycles. The number of hydrogen-bond donors (Lipinski definition) is 0. The van der Waals surface area contributed by atoms with Gasteiger partial charge in [-0.25, -0.2) is 0 Å². The molecule has 0 unspecified atom stereocenters. The van der Waals surface area contributed by atoms with Crippen molar-refractivity contribution in [2.24, 2.45) is 0 Å². The van der Waals surface area contributed by atoms with Gasteiger partial charge in [-0.2, -0.15) is 0 Å². The molecule has 0 saturated heterocycles. The molecule has 0 aliphatic carbocycles. The maximum Gasteiger partial charge on any atom is 0.329 e. The minimum absolute atomic E-state index is 0.141. The van der Waals surface area contributed by atoms with Crippen molar-refractivity contribution in [3.63, 3.8) is 0 Å². The molecule has 1 aliphatic heterocycles. The fraction of sp³-hybridized carbons (Fsp3) is 0.0968. The van der Waals surface area contributed by atoms with Gasteiger partial charge in [-0.05, 0) is 54.1 Å². The standard InChI is InChI=1S/C31H24BN/c1-19-17-20(2)30(21(3)18-19)32-27-16-15-22-9-4-5-10-23(22)29(27)26-13-8-12-25-24-11-6-7-14-28(24)33(32)31(25)26/h4-18H,1-3H3. The first-order valence-electron chi connectivity index (χ1n) is 11.7. The van der Waals surface area contributed by atoms with Crippen molar-refractivity contribution in [3.8, 4) is 11.1 Å². The van der Waals surface area contributed by atoms with Gasteiger partial charge in [0.25, 0.3) is 0 Å². The first-order chi connectivity index (χ1) is 16.1. The molecule has 0 saturated carbocycles. The molecule has 1 aliphatic rings. The van der Waals surface area contributed by atoms with Crippen LogP contribution in [0.2, 0.25) is 0 Å². The monoisotopic (exact) mass is 421 g/mol. The predicted molar refractivity (Wildman–Crippen MR) is 143 cm³/mol. The van der Waals surface area contributed by atoms with E-state index in [0.29, 0.717) is 0 Å². The Bertz CT molecular complexity index is 1730. The van der Waals surface area contributed by atoms with Gasteiger partial charge in [-0.1, -0.05) is 102 Å². The quantitative estimate of drug-likeness (QED) is 0.267. The molecule has 0 amide bonds. The van der Waals surface area contributed by atoms with Crippen molar-refractivity contribution >= 4 is 50.4 Å². The summed E-state index contributed by atoms with van der Waals surface area (Å²) < 4.78 is 2.61. The summed E-state index contributed by atoms with van der Waals surface area (Å²) in [5.41, 5.74) is 12.3. The minimum atomic E-state index is 0.141. The number of hydrogen-bond acceptors (Lipinski definition) is 0. The summed E-state index contributed by atoms with van der Waals surface area (Å²) in [4.78, 5) is 0. The van der Waals surface area contributed by atoms with Crippen LogP contribution in [0.1, 0.15) is 16.7 Å². The Morgan fingerprint density at radius 1 is 0.636 bits per heavy atom. The van der Waals surface area contributed by atoms with Crippen LogP contribution in [0.4, 0.5) is 0 Å². The lowest BCUT2D eigenvalue weighted by Gasteiger charge is -2.30. The maximum absolute atomic E-state index is 2.61. The topological polar surface area (TPSA) is 4.93 Å². The Balaban J connectivity index is 1.75. The van der Waals surface area contributed by atoms with E-state index in [0.717, 1.165) is 0 Å². The molecule has 33 heavy (non-hydrogen) atoms. The van der Waals surface area contributed by atoms with Crippen molar-refractivity contribution in [1.82, 2.24) is 4.48 Å². The van der Waals surface area contributed by atoms with Crippen LogP contribution in [0.25, 0.3) is 43.7 Å². The number of rotatable bonds is 1.